The average Bonchev–Trinajstić information content (AvgIpc) is 2.50. The van der Waals surface area contributed by atoms with Crippen LogP contribution in [0.1, 0.15) is 19.8 Å². The first-order valence-electron chi connectivity index (χ1n) is 5.35. The molecule has 0 aromatic heterocycles. The number of allylic oxidation sites excluding steroid dienone is 2. The third-order valence-electron chi connectivity index (χ3n) is 3.33. The van der Waals surface area contributed by atoms with Crippen molar-refractivity contribution in [2.24, 2.45) is 11.8 Å². The zero-order valence-electron chi connectivity index (χ0n) is 9.18. The maximum atomic E-state index is 12.0. The topological polar surface area (TPSA) is 77.5 Å². The molecule has 0 radical (unpaired) electrons. The molecule has 1 aliphatic heterocycles. The molecule has 3 atom stereocenters. The highest BCUT2D eigenvalue weighted by Crippen LogP contribution is 2.39. The van der Waals surface area contributed by atoms with Crippen molar-refractivity contribution in [1.29, 1.82) is 0 Å². The molecule has 92 valence electrons. The van der Waals surface area contributed by atoms with Gasteiger partial charge in [0.05, 0.1) is 23.8 Å². The van der Waals surface area contributed by atoms with Crippen LogP contribution >= 0.6 is 11.6 Å². The number of carboxylic acid groups (broad SMARTS) is 1. The van der Waals surface area contributed by atoms with Crippen molar-refractivity contribution < 1.29 is 19.5 Å². The number of carbonyl (C=O) groups excluding carboxylic acids is 3. The van der Waals surface area contributed by atoms with E-state index in [4.69, 9.17) is 11.6 Å². The van der Waals surface area contributed by atoms with Crippen LogP contribution in [0.15, 0.2) is 11.1 Å². The number of carboxylic acids is 1. The van der Waals surface area contributed by atoms with Gasteiger partial charge in [-0.2, -0.15) is 0 Å². The van der Waals surface area contributed by atoms with Gasteiger partial charge in [-0.05, 0) is 19.8 Å². The molecule has 1 saturated heterocycles. The highest BCUT2D eigenvalue weighted by atomic mass is 35.5. The van der Waals surface area contributed by atoms with Gasteiger partial charge in [-0.15, -0.1) is 0 Å². The Kier molecular flexibility index (Phi) is 2.95. The lowest BCUT2D eigenvalue weighted by Gasteiger charge is -2.23. The minimum atomic E-state index is -1.43. The molecular formula is C11H11ClNO4-. The highest BCUT2D eigenvalue weighted by Gasteiger charge is 2.49. The summed E-state index contributed by atoms with van der Waals surface area (Å²) in [6, 6.07) is -1.22. The molecule has 0 aromatic carbocycles. The number of imide groups is 1. The van der Waals surface area contributed by atoms with Crippen LogP contribution in [-0.4, -0.2) is 28.7 Å². The zero-order chi connectivity index (χ0) is 12.7. The summed E-state index contributed by atoms with van der Waals surface area (Å²) in [5.74, 6) is -3.29. The molecule has 0 aromatic rings. The molecule has 5 nitrogen and oxygen atoms in total. The van der Waals surface area contributed by atoms with E-state index in [1.807, 2.05) is 0 Å². The van der Waals surface area contributed by atoms with Gasteiger partial charge in [0.15, 0.2) is 0 Å². The second kappa shape index (κ2) is 4.14. The van der Waals surface area contributed by atoms with Crippen molar-refractivity contribution in [2.75, 3.05) is 0 Å². The van der Waals surface area contributed by atoms with Crippen LogP contribution in [0, 0.1) is 11.8 Å². The lowest BCUT2D eigenvalue weighted by molar-refractivity contribution is -0.310. The van der Waals surface area contributed by atoms with Crippen LogP contribution in [0.3, 0.4) is 0 Å². The van der Waals surface area contributed by atoms with Gasteiger partial charge in [0, 0.05) is 5.03 Å². The third-order valence-corrected chi connectivity index (χ3v) is 3.64. The molecule has 1 fully saturated rings. The predicted molar refractivity (Wildman–Crippen MR) is 56.5 cm³/mol. The maximum absolute atomic E-state index is 12.0. The number of amides is 2. The van der Waals surface area contributed by atoms with Gasteiger partial charge in [-0.25, -0.2) is 0 Å². The molecule has 2 aliphatic rings. The summed E-state index contributed by atoms with van der Waals surface area (Å²) in [4.78, 5) is 35.5. The molecular weight excluding hydrogens is 246 g/mol. The number of rotatable bonds is 2. The highest BCUT2D eigenvalue weighted by molar-refractivity contribution is 6.30. The fourth-order valence-corrected chi connectivity index (χ4v) is 2.60. The molecule has 0 saturated carbocycles. The Bertz CT molecular complexity index is 431. The number of hydrogen-bond acceptors (Lipinski definition) is 4. The first-order chi connectivity index (χ1) is 7.93. The summed E-state index contributed by atoms with van der Waals surface area (Å²) in [5, 5.41) is 11.3. The van der Waals surface area contributed by atoms with E-state index in [0.717, 1.165) is 4.90 Å². The Labute approximate surface area is 103 Å². The Balaban J connectivity index is 2.28. The summed E-state index contributed by atoms with van der Waals surface area (Å²) < 4.78 is 0. The fraction of sp³-hybridized carbons (Fsp3) is 0.545. The molecule has 0 N–H and O–H groups in total. The quantitative estimate of drug-likeness (QED) is 0.633. The van der Waals surface area contributed by atoms with Gasteiger partial charge >= 0.3 is 0 Å². The van der Waals surface area contributed by atoms with Crippen molar-refractivity contribution in [2.45, 2.75) is 25.8 Å². The van der Waals surface area contributed by atoms with Crippen molar-refractivity contribution in [1.82, 2.24) is 4.90 Å². The minimum absolute atomic E-state index is 0.313. The number of halogens is 1. The lowest BCUT2D eigenvalue weighted by atomic mass is 9.85. The molecule has 2 rings (SSSR count). The maximum Gasteiger partial charge on any atom is 0.234 e. The van der Waals surface area contributed by atoms with E-state index in [2.05, 4.69) is 0 Å². The lowest BCUT2D eigenvalue weighted by Crippen LogP contribution is -2.49. The zero-order valence-corrected chi connectivity index (χ0v) is 9.94. The minimum Gasteiger partial charge on any atom is -0.548 e. The molecule has 0 bridgehead atoms. The van der Waals surface area contributed by atoms with E-state index in [1.165, 1.54) is 6.92 Å². The predicted octanol–water partition coefficient (Wildman–Crippen LogP) is -0.358. The SMILES string of the molecule is C[C@H](C(=O)[O-])N1C(=O)[C@H]2CC(Cl)=CC[C@H]2C1=O. The van der Waals surface area contributed by atoms with E-state index >= 15 is 0 Å². The van der Waals surface area contributed by atoms with E-state index in [1.54, 1.807) is 6.08 Å². The van der Waals surface area contributed by atoms with E-state index in [0.29, 0.717) is 17.9 Å². The molecule has 2 amide bonds. The van der Waals surface area contributed by atoms with Gasteiger partial charge in [0.25, 0.3) is 0 Å². The van der Waals surface area contributed by atoms with E-state index in [-0.39, 0.29) is 0 Å². The Morgan fingerprint density at radius 2 is 2.06 bits per heavy atom. The summed E-state index contributed by atoms with van der Waals surface area (Å²) in [6.45, 7) is 1.28. The summed E-state index contributed by atoms with van der Waals surface area (Å²) in [6.07, 6.45) is 2.42. The molecule has 1 heterocycles. The van der Waals surface area contributed by atoms with E-state index in [9.17, 15) is 19.5 Å². The molecule has 0 unspecified atom stereocenters. The monoisotopic (exact) mass is 256 g/mol. The van der Waals surface area contributed by atoms with Crippen LogP contribution < -0.4 is 5.11 Å². The van der Waals surface area contributed by atoms with Crippen LogP contribution in [0.2, 0.25) is 0 Å². The van der Waals surface area contributed by atoms with Crippen molar-refractivity contribution in [3.8, 4) is 0 Å². The van der Waals surface area contributed by atoms with Gasteiger partial charge in [-0.3, -0.25) is 14.5 Å². The first kappa shape index (κ1) is 12.1. The Hall–Kier alpha value is -1.36. The molecule has 1 aliphatic carbocycles. The second-order valence-corrected chi connectivity index (χ2v) is 4.83. The van der Waals surface area contributed by atoms with Crippen LogP contribution in [0.25, 0.3) is 0 Å². The summed E-state index contributed by atoms with van der Waals surface area (Å²) in [5.41, 5.74) is 0. The number of fused-ring (bicyclic) bond motifs is 1. The number of nitrogens with zero attached hydrogens (tertiary/aromatic N) is 1. The smallest absolute Gasteiger partial charge is 0.234 e. The summed E-state index contributed by atoms with van der Waals surface area (Å²) >= 11 is 5.84. The normalized spacial score (nSPS) is 30.0. The average molecular weight is 257 g/mol. The van der Waals surface area contributed by atoms with Crippen molar-refractivity contribution in [3.05, 3.63) is 11.1 Å². The van der Waals surface area contributed by atoms with Crippen LogP contribution in [0.5, 0.6) is 0 Å². The van der Waals surface area contributed by atoms with Crippen molar-refractivity contribution >= 4 is 29.4 Å². The standard InChI is InChI=1S/C11H12ClNO4/c1-5(11(16)17)13-9(14)7-3-2-6(12)4-8(7)10(13)15/h2,5,7-8H,3-4H2,1H3,(H,16,17)/p-1/t5-,7-,8+/m1/s1. The largest absolute Gasteiger partial charge is 0.548 e. The first-order valence-corrected chi connectivity index (χ1v) is 5.73. The van der Waals surface area contributed by atoms with Gasteiger partial charge in [-0.1, -0.05) is 17.7 Å². The number of carbonyl (C=O) groups is 3. The molecule has 6 heteroatoms. The fourth-order valence-electron chi connectivity index (χ4n) is 2.34. The number of hydrogen-bond donors (Lipinski definition) is 0. The Morgan fingerprint density at radius 3 is 2.65 bits per heavy atom. The van der Waals surface area contributed by atoms with Crippen LogP contribution in [0.4, 0.5) is 0 Å². The van der Waals surface area contributed by atoms with Gasteiger partial charge in [0.2, 0.25) is 11.8 Å². The Morgan fingerprint density at radius 1 is 1.47 bits per heavy atom. The second-order valence-electron chi connectivity index (χ2n) is 4.35. The summed E-state index contributed by atoms with van der Waals surface area (Å²) in [7, 11) is 0. The third kappa shape index (κ3) is 1.84. The number of likely N-dealkylation sites (tertiary alicyclic amines) is 1. The van der Waals surface area contributed by atoms with Gasteiger partial charge in [0.1, 0.15) is 0 Å². The molecule has 0 spiro atoms. The van der Waals surface area contributed by atoms with Gasteiger partial charge < -0.3 is 9.90 Å². The molecule has 17 heavy (non-hydrogen) atoms. The number of aliphatic carboxylic acids is 1. The van der Waals surface area contributed by atoms with Crippen LogP contribution in [-0.2, 0) is 14.4 Å². The van der Waals surface area contributed by atoms with E-state index < -0.39 is 35.7 Å². The van der Waals surface area contributed by atoms with Crippen molar-refractivity contribution in [3.63, 3.8) is 0 Å².